The van der Waals surface area contributed by atoms with E-state index >= 15 is 0 Å². The molecule has 2 aromatic heterocycles. The number of rotatable bonds is 5. The lowest BCUT2D eigenvalue weighted by Gasteiger charge is -2.27. The minimum absolute atomic E-state index is 0.286. The van der Waals surface area contributed by atoms with Crippen molar-refractivity contribution in [2.45, 2.75) is 31.2 Å². The SMILES string of the molecule is CN1CCC(c2nc(-c3ccccc3F)c(-c3ccnc([C@@](C)(N)c4ccccc4)n3)s2)CC1. The van der Waals surface area contributed by atoms with Gasteiger partial charge in [-0.15, -0.1) is 11.3 Å². The molecule has 1 atom stereocenters. The maximum atomic E-state index is 14.9. The number of aromatic nitrogens is 3. The Balaban J connectivity index is 1.60. The average Bonchev–Trinajstić information content (AvgIpc) is 3.31. The Hall–Kier alpha value is -3.00. The highest BCUT2D eigenvalue weighted by molar-refractivity contribution is 7.15. The van der Waals surface area contributed by atoms with Crippen LogP contribution in [0.3, 0.4) is 0 Å². The van der Waals surface area contributed by atoms with Crippen molar-refractivity contribution < 1.29 is 4.39 Å². The molecule has 0 bridgehead atoms. The predicted molar refractivity (Wildman–Crippen MR) is 135 cm³/mol. The Morgan fingerprint density at radius 1 is 1.00 bits per heavy atom. The van der Waals surface area contributed by atoms with Gasteiger partial charge >= 0.3 is 0 Å². The van der Waals surface area contributed by atoms with Crippen molar-refractivity contribution in [1.82, 2.24) is 19.9 Å². The van der Waals surface area contributed by atoms with E-state index in [4.69, 9.17) is 15.7 Å². The van der Waals surface area contributed by atoms with Gasteiger partial charge in [0.25, 0.3) is 0 Å². The third-order valence-electron chi connectivity index (χ3n) is 6.57. The standard InChI is InChI=1S/C27H28FN5S/c1-27(29,19-8-4-3-5-9-19)26-30-15-12-22(31-26)24-23(20-10-6-7-11-21(20)28)32-25(34-24)18-13-16-33(2)17-14-18/h3-12,15,18H,13-14,16-17,29H2,1-2H3/t27-/m0/s1. The third-order valence-corrected chi connectivity index (χ3v) is 7.81. The summed E-state index contributed by atoms with van der Waals surface area (Å²) in [4.78, 5) is 17.6. The molecule has 1 aliphatic rings. The Kier molecular flexibility index (Phi) is 6.25. The highest BCUT2D eigenvalue weighted by Crippen LogP contribution is 2.41. The largest absolute Gasteiger partial charge is 0.315 e. The molecule has 0 unspecified atom stereocenters. The van der Waals surface area contributed by atoms with Gasteiger partial charge in [-0.3, -0.25) is 0 Å². The van der Waals surface area contributed by atoms with Gasteiger partial charge < -0.3 is 10.6 Å². The molecule has 7 heteroatoms. The van der Waals surface area contributed by atoms with Crippen molar-refractivity contribution in [2.24, 2.45) is 5.73 Å². The van der Waals surface area contributed by atoms with E-state index < -0.39 is 5.54 Å². The van der Waals surface area contributed by atoms with Gasteiger partial charge in [0.15, 0.2) is 5.82 Å². The molecule has 2 aromatic carbocycles. The van der Waals surface area contributed by atoms with Crippen LogP contribution in [-0.2, 0) is 5.54 Å². The quantitative estimate of drug-likeness (QED) is 0.418. The molecule has 174 valence electrons. The van der Waals surface area contributed by atoms with Crippen LogP contribution < -0.4 is 5.73 Å². The first-order valence-electron chi connectivity index (χ1n) is 11.6. The maximum Gasteiger partial charge on any atom is 0.153 e. The number of thiazole rings is 1. The van der Waals surface area contributed by atoms with Gasteiger partial charge in [0, 0.05) is 17.7 Å². The van der Waals surface area contributed by atoms with E-state index in [0.29, 0.717) is 28.7 Å². The van der Waals surface area contributed by atoms with Crippen molar-refractivity contribution >= 4 is 11.3 Å². The van der Waals surface area contributed by atoms with Crippen LogP contribution in [0.5, 0.6) is 0 Å². The molecule has 1 fully saturated rings. The van der Waals surface area contributed by atoms with Gasteiger partial charge in [0.05, 0.1) is 26.8 Å². The lowest BCUT2D eigenvalue weighted by atomic mass is 9.92. The molecule has 5 nitrogen and oxygen atoms in total. The molecule has 1 aliphatic heterocycles. The monoisotopic (exact) mass is 473 g/mol. The summed E-state index contributed by atoms with van der Waals surface area (Å²) < 4.78 is 14.9. The van der Waals surface area contributed by atoms with Crippen LogP contribution in [0.2, 0.25) is 0 Å². The van der Waals surface area contributed by atoms with Gasteiger partial charge in [0.2, 0.25) is 0 Å². The van der Waals surface area contributed by atoms with Gasteiger partial charge in [-0.05, 0) is 63.7 Å². The number of nitrogens with two attached hydrogens (primary N) is 1. The summed E-state index contributed by atoms with van der Waals surface area (Å²) in [5, 5.41) is 1.04. The van der Waals surface area contributed by atoms with Crippen LogP contribution in [0.4, 0.5) is 4.39 Å². The summed E-state index contributed by atoms with van der Waals surface area (Å²) >= 11 is 1.61. The topological polar surface area (TPSA) is 67.9 Å². The van der Waals surface area contributed by atoms with Gasteiger partial charge in [-0.25, -0.2) is 19.3 Å². The minimum Gasteiger partial charge on any atom is -0.315 e. The first-order chi connectivity index (χ1) is 16.4. The summed E-state index contributed by atoms with van der Waals surface area (Å²) in [5.41, 5.74) is 8.62. The first-order valence-corrected chi connectivity index (χ1v) is 12.4. The molecule has 4 aromatic rings. The normalized spacial score (nSPS) is 16.9. The van der Waals surface area contributed by atoms with Gasteiger partial charge in [-0.1, -0.05) is 42.5 Å². The van der Waals surface area contributed by atoms with Crippen molar-refractivity contribution in [2.75, 3.05) is 20.1 Å². The molecule has 3 heterocycles. The van der Waals surface area contributed by atoms with Crippen LogP contribution in [0.15, 0.2) is 66.9 Å². The first kappa shape index (κ1) is 22.8. The molecule has 2 N–H and O–H groups in total. The number of hydrogen-bond acceptors (Lipinski definition) is 6. The number of halogens is 1. The lowest BCUT2D eigenvalue weighted by molar-refractivity contribution is 0.255. The third kappa shape index (κ3) is 4.39. The summed E-state index contributed by atoms with van der Waals surface area (Å²) in [7, 11) is 2.15. The van der Waals surface area contributed by atoms with Crippen molar-refractivity contribution in [3.8, 4) is 21.8 Å². The van der Waals surface area contributed by atoms with Crippen LogP contribution in [0, 0.1) is 5.82 Å². The molecule has 0 radical (unpaired) electrons. The van der Waals surface area contributed by atoms with Crippen LogP contribution in [-0.4, -0.2) is 40.0 Å². The fourth-order valence-corrected chi connectivity index (χ4v) is 5.64. The number of likely N-dealkylation sites (tertiary alicyclic amines) is 1. The van der Waals surface area contributed by atoms with E-state index in [9.17, 15) is 4.39 Å². The molecule has 0 amide bonds. The maximum absolute atomic E-state index is 14.9. The van der Waals surface area contributed by atoms with Crippen molar-refractivity contribution in [3.63, 3.8) is 0 Å². The van der Waals surface area contributed by atoms with Crippen LogP contribution in [0.25, 0.3) is 21.8 Å². The molecule has 34 heavy (non-hydrogen) atoms. The summed E-state index contributed by atoms with van der Waals surface area (Å²) in [6, 6.07) is 18.5. The molecule has 1 saturated heterocycles. The molecule has 5 rings (SSSR count). The zero-order chi connectivity index (χ0) is 23.7. The average molecular weight is 474 g/mol. The Labute approximate surface area is 203 Å². The summed E-state index contributed by atoms with van der Waals surface area (Å²) in [6.45, 7) is 3.99. The Bertz CT molecular complexity index is 1280. The second-order valence-electron chi connectivity index (χ2n) is 9.12. The van der Waals surface area contributed by atoms with E-state index in [1.807, 2.05) is 49.4 Å². The molecular formula is C27H28FN5S. The van der Waals surface area contributed by atoms with E-state index in [1.165, 1.54) is 6.07 Å². The smallest absolute Gasteiger partial charge is 0.153 e. The summed E-state index contributed by atoms with van der Waals surface area (Å²) in [5.74, 6) is 0.599. The van der Waals surface area contributed by atoms with Gasteiger partial charge in [-0.2, -0.15) is 0 Å². The lowest BCUT2D eigenvalue weighted by Crippen LogP contribution is -2.36. The fourth-order valence-electron chi connectivity index (χ4n) is 4.43. The number of benzene rings is 2. The number of hydrogen-bond donors (Lipinski definition) is 1. The predicted octanol–water partition coefficient (Wildman–Crippen LogP) is 5.44. The second-order valence-corrected chi connectivity index (χ2v) is 10.2. The summed E-state index contributed by atoms with van der Waals surface area (Å²) in [6.07, 6.45) is 3.82. The van der Waals surface area contributed by atoms with Crippen molar-refractivity contribution in [1.29, 1.82) is 0 Å². The van der Waals surface area contributed by atoms with E-state index in [2.05, 4.69) is 16.9 Å². The van der Waals surface area contributed by atoms with Gasteiger partial charge in [0.1, 0.15) is 5.82 Å². The minimum atomic E-state index is -0.864. The molecule has 0 aliphatic carbocycles. The number of piperidine rings is 1. The zero-order valence-electron chi connectivity index (χ0n) is 19.4. The van der Waals surface area contributed by atoms with Crippen LogP contribution >= 0.6 is 11.3 Å². The molecule has 0 spiro atoms. The highest BCUT2D eigenvalue weighted by Gasteiger charge is 2.29. The van der Waals surface area contributed by atoms with E-state index in [-0.39, 0.29) is 5.82 Å². The van der Waals surface area contributed by atoms with E-state index in [0.717, 1.165) is 41.4 Å². The van der Waals surface area contributed by atoms with E-state index in [1.54, 1.807) is 29.7 Å². The second kappa shape index (κ2) is 9.33. The van der Waals surface area contributed by atoms with Crippen LogP contribution in [0.1, 0.15) is 42.1 Å². The number of nitrogens with zero attached hydrogens (tertiary/aromatic N) is 4. The fraction of sp³-hybridized carbons (Fsp3) is 0.296. The van der Waals surface area contributed by atoms with Crippen molar-refractivity contribution in [3.05, 3.63) is 89.1 Å². The molecular weight excluding hydrogens is 445 g/mol. The Morgan fingerprint density at radius 3 is 2.44 bits per heavy atom. The zero-order valence-corrected chi connectivity index (χ0v) is 20.2. The Morgan fingerprint density at radius 2 is 1.71 bits per heavy atom. The molecule has 0 saturated carbocycles. The highest BCUT2D eigenvalue weighted by atomic mass is 32.1.